The predicted octanol–water partition coefficient (Wildman–Crippen LogP) is 4.85. The summed E-state index contributed by atoms with van der Waals surface area (Å²) in [5.74, 6) is -1.50. The van der Waals surface area contributed by atoms with Gasteiger partial charge in [-0.15, -0.1) is 0 Å². The van der Waals surface area contributed by atoms with Crippen LogP contribution in [0, 0.1) is 11.6 Å². The highest BCUT2D eigenvalue weighted by Gasteiger charge is 2.26. The first-order valence-electron chi connectivity index (χ1n) is 13.8. The fraction of sp³-hybridized carbons (Fsp3) is 0.367. The lowest BCUT2D eigenvalue weighted by Gasteiger charge is -2.35. The van der Waals surface area contributed by atoms with Crippen molar-refractivity contribution in [3.8, 4) is 17.0 Å². The van der Waals surface area contributed by atoms with E-state index in [0.717, 1.165) is 38.3 Å². The molecule has 5 rings (SSSR count). The number of nitrogens with zero attached hydrogens (tertiary/aromatic N) is 6. The fourth-order valence-corrected chi connectivity index (χ4v) is 6.00. The van der Waals surface area contributed by atoms with Crippen LogP contribution in [0.4, 0.5) is 20.3 Å². The molecular formula is C30H36F2N7O2S+. The number of piperazine rings is 1. The molecule has 4 aromatic rings. The highest BCUT2D eigenvalue weighted by atomic mass is 32.2. The molecule has 0 unspecified atom stereocenters. The number of hydrogen-bond donors (Lipinski definition) is 1. The van der Waals surface area contributed by atoms with Crippen LogP contribution in [0.3, 0.4) is 0 Å². The number of carbonyl (C=O) groups excluding carboxylic acids is 1. The van der Waals surface area contributed by atoms with Crippen LogP contribution in [0.15, 0.2) is 53.8 Å². The molecule has 1 aliphatic rings. The van der Waals surface area contributed by atoms with Crippen LogP contribution >= 0.6 is 11.9 Å². The molecule has 2 aromatic carbocycles. The van der Waals surface area contributed by atoms with Gasteiger partial charge in [0.05, 0.1) is 40.1 Å². The number of hydrogen-bond acceptors (Lipinski definition) is 7. The van der Waals surface area contributed by atoms with Crippen molar-refractivity contribution in [2.75, 3.05) is 66.3 Å². The third-order valence-electron chi connectivity index (χ3n) is 7.10. The van der Waals surface area contributed by atoms with Gasteiger partial charge < -0.3 is 19.4 Å². The van der Waals surface area contributed by atoms with E-state index >= 15 is 0 Å². The van der Waals surface area contributed by atoms with Crippen molar-refractivity contribution in [3.63, 3.8) is 0 Å². The summed E-state index contributed by atoms with van der Waals surface area (Å²) in [5.41, 5.74) is 2.98. The molecule has 1 N–H and O–H groups in total. The van der Waals surface area contributed by atoms with Crippen LogP contribution in [0.5, 0.6) is 5.75 Å². The Balaban J connectivity index is 1.30. The molecule has 0 aliphatic carbocycles. The van der Waals surface area contributed by atoms with E-state index in [2.05, 4.69) is 38.6 Å². The molecule has 0 bridgehead atoms. The van der Waals surface area contributed by atoms with E-state index in [1.807, 2.05) is 32.1 Å². The minimum Gasteiger partial charge on any atom is -0.494 e. The Labute approximate surface area is 248 Å². The van der Waals surface area contributed by atoms with Gasteiger partial charge in [-0.25, -0.2) is 18.7 Å². The average molecular weight is 597 g/mol. The Morgan fingerprint density at radius 1 is 1.07 bits per heavy atom. The highest BCUT2D eigenvalue weighted by molar-refractivity contribution is 7.97. The van der Waals surface area contributed by atoms with E-state index in [1.165, 1.54) is 35.9 Å². The highest BCUT2D eigenvalue weighted by Crippen LogP contribution is 2.33. The number of methoxy groups -OCH3 is 1. The summed E-state index contributed by atoms with van der Waals surface area (Å²) in [4.78, 5) is 24.7. The van der Waals surface area contributed by atoms with Gasteiger partial charge in [-0.05, 0) is 54.3 Å². The van der Waals surface area contributed by atoms with Gasteiger partial charge >= 0.3 is 0 Å². The van der Waals surface area contributed by atoms with Gasteiger partial charge in [0.1, 0.15) is 0 Å². The molecule has 222 valence electrons. The van der Waals surface area contributed by atoms with Crippen LogP contribution in [0.2, 0.25) is 0 Å². The molecule has 9 nitrogen and oxygen atoms in total. The number of imidazole rings is 1. The Kier molecular flexibility index (Phi) is 8.67. The molecule has 42 heavy (non-hydrogen) atoms. The average Bonchev–Trinajstić information content (AvgIpc) is 3.39. The second-order valence-electron chi connectivity index (χ2n) is 11.2. The van der Waals surface area contributed by atoms with Crippen molar-refractivity contribution in [2.24, 2.45) is 0 Å². The summed E-state index contributed by atoms with van der Waals surface area (Å²) >= 11 is 1.72. The molecule has 3 heterocycles. The number of carbonyl (C=O) groups is 1. The van der Waals surface area contributed by atoms with Gasteiger partial charge in [0.15, 0.2) is 29.6 Å². The number of rotatable bonds is 9. The topological polar surface area (TPSA) is 75.0 Å². The van der Waals surface area contributed by atoms with Crippen molar-refractivity contribution in [3.05, 3.63) is 66.1 Å². The van der Waals surface area contributed by atoms with Gasteiger partial charge in [0.25, 0.3) is 5.91 Å². The predicted molar refractivity (Wildman–Crippen MR) is 161 cm³/mol. The molecule has 12 heteroatoms. The van der Waals surface area contributed by atoms with Crippen molar-refractivity contribution < 1.29 is 22.8 Å². The zero-order chi connectivity index (χ0) is 30.0. The quantitative estimate of drug-likeness (QED) is 0.219. The molecule has 1 saturated heterocycles. The summed E-state index contributed by atoms with van der Waals surface area (Å²) in [5, 5.41) is 3.35. The minimum absolute atomic E-state index is 0.0752. The number of quaternary nitrogens is 1. The Morgan fingerprint density at radius 2 is 1.83 bits per heavy atom. The van der Waals surface area contributed by atoms with Gasteiger partial charge in [0, 0.05) is 54.7 Å². The van der Waals surface area contributed by atoms with E-state index in [9.17, 15) is 13.6 Å². The van der Waals surface area contributed by atoms with Gasteiger partial charge in [-0.1, -0.05) is 6.92 Å². The van der Waals surface area contributed by atoms with Crippen molar-refractivity contribution >= 4 is 35.0 Å². The van der Waals surface area contributed by atoms with E-state index < -0.39 is 11.6 Å². The molecule has 1 fully saturated rings. The number of fused-ring (bicyclic) bond motifs is 1. The largest absolute Gasteiger partial charge is 0.494 e. The van der Waals surface area contributed by atoms with Crippen LogP contribution in [0.1, 0.15) is 12.5 Å². The molecule has 1 aliphatic heterocycles. The lowest BCUT2D eigenvalue weighted by molar-refractivity contribution is -0.862. The summed E-state index contributed by atoms with van der Waals surface area (Å²) in [7, 11) is 7.39. The Bertz CT molecular complexity index is 1600. The molecule has 0 saturated carbocycles. The first-order valence-corrected chi connectivity index (χ1v) is 14.6. The number of amides is 1. The number of anilines is 2. The smallest absolute Gasteiger partial charge is 0.277 e. The molecule has 0 radical (unpaired) electrons. The summed E-state index contributed by atoms with van der Waals surface area (Å²) in [6.45, 7) is 5.69. The second-order valence-corrected chi connectivity index (χ2v) is 12.3. The fourth-order valence-electron chi connectivity index (χ4n) is 4.93. The summed E-state index contributed by atoms with van der Waals surface area (Å²) in [6.07, 6.45) is 5.60. The zero-order valence-electron chi connectivity index (χ0n) is 24.5. The maximum absolute atomic E-state index is 14.8. The van der Waals surface area contributed by atoms with Crippen molar-refractivity contribution in [1.82, 2.24) is 23.6 Å². The van der Waals surface area contributed by atoms with Gasteiger partial charge in [-0.3, -0.25) is 9.20 Å². The first-order chi connectivity index (χ1) is 20.1. The number of aromatic nitrogens is 3. The lowest BCUT2D eigenvalue weighted by atomic mass is 10.1. The Hall–Kier alpha value is -3.74. The molecule has 0 spiro atoms. The summed E-state index contributed by atoms with van der Waals surface area (Å²) in [6, 6.07) is 9.05. The Morgan fingerprint density at radius 3 is 2.52 bits per heavy atom. The number of likely N-dealkylation sites (N-methyl/N-ethyl adjacent to an activating group) is 1. The van der Waals surface area contributed by atoms with E-state index in [1.54, 1.807) is 28.7 Å². The zero-order valence-corrected chi connectivity index (χ0v) is 25.3. The van der Waals surface area contributed by atoms with E-state index in [-0.39, 0.29) is 17.2 Å². The molecular weight excluding hydrogens is 560 g/mol. The lowest BCUT2D eigenvalue weighted by Crippen LogP contribution is -2.51. The maximum atomic E-state index is 14.8. The van der Waals surface area contributed by atoms with Crippen LogP contribution in [0.25, 0.3) is 16.9 Å². The minimum atomic E-state index is -1.04. The number of ether oxygens (including phenoxy) is 1. The standard InChI is InChI=1S/C30H36F2N7O2S/c1-6-20-17-21(7-10-25(20)42-37-15-13-36(14-16-37)26(40)19-39(2,3)4)35-29-30-34-18-23(38(30)12-11-33-29)22-8-9-24(41-5)28(32)27(22)31/h7-12,17-18H,6,13-16,19H2,1-5H3,(H,33,35)/q+1. The van der Waals surface area contributed by atoms with Crippen LogP contribution in [-0.2, 0) is 11.2 Å². The first kappa shape index (κ1) is 29.7. The van der Waals surface area contributed by atoms with Gasteiger partial charge in [0.2, 0.25) is 5.82 Å². The van der Waals surface area contributed by atoms with Crippen molar-refractivity contribution in [2.45, 2.75) is 18.2 Å². The molecule has 2 aromatic heterocycles. The maximum Gasteiger partial charge on any atom is 0.277 e. The van der Waals surface area contributed by atoms with Gasteiger partial charge in [-0.2, -0.15) is 4.39 Å². The number of benzene rings is 2. The normalized spacial score (nSPS) is 14.4. The monoisotopic (exact) mass is 596 g/mol. The number of halogens is 2. The third-order valence-corrected chi connectivity index (χ3v) is 8.32. The third kappa shape index (κ3) is 6.35. The van der Waals surface area contributed by atoms with Crippen LogP contribution in [-0.4, -0.2) is 94.9 Å². The number of nitrogens with one attached hydrogen (secondary N) is 1. The summed E-state index contributed by atoms with van der Waals surface area (Å²) < 4.78 is 38.7. The molecule has 0 atom stereocenters. The molecule has 1 amide bonds. The van der Waals surface area contributed by atoms with Crippen LogP contribution < -0.4 is 10.1 Å². The number of aryl methyl sites for hydroxylation is 1. The van der Waals surface area contributed by atoms with E-state index in [4.69, 9.17) is 4.74 Å². The van der Waals surface area contributed by atoms with E-state index in [0.29, 0.717) is 28.2 Å². The second kappa shape index (κ2) is 12.2. The van der Waals surface area contributed by atoms with Crippen molar-refractivity contribution in [1.29, 1.82) is 0 Å². The SMILES string of the molecule is CCc1cc(Nc2nccn3c(-c4ccc(OC)c(F)c4F)cnc23)ccc1SN1CCN(C(=O)C[N+](C)(C)C)CC1.